The van der Waals surface area contributed by atoms with Gasteiger partial charge in [-0.15, -0.1) is 0 Å². The highest BCUT2D eigenvalue weighted by molar-refractivity contribution is 7.83. The molecule has 12 heavy (non-hydrogen) atoms. The van der Waals surface area contributed by atoms with Gasteiger partial charge < -0.3 is 10.3 Å². The fraction of sp³-hybridized carbons (Fsp3) is 0.667. The number of hydrogen-bond acceptors (Lipinski definition) is 5. The molecule has 0 amide bonds. The molecular formula is C6H11N3O2S. The maximum Gasteiger partial charge on any atom is 0.243 e. The summed E-state index contributed by atoms with van der Waals surface area (Å²) in [6, 6.07) is -0.267. The monoisotopic (exact) mass is 189 g/mol. The van der Waals surface area contributed by atoms with E-state index in [1.165, 1.54) is 0 Å². The van der Waals surface area contributed by atoms with E-state index in [0.29, 0.717) is 17.5 Å². The topological polar surface area (TPSA) is 82.0 Å². The Balaban J connectivity index is 2.70. The van der Waals surface area contributed by atoms with Crippen molar-refractivity contribution in [1.82, 2.24) is 10.1 Å². The molecule has 5 nitrogen and oxygen atoms in total. The fourth-order valence-corrected chi connectivity index (χ4v) is 1.17. The van der Waals surface area contributed by atoms with E-state index in [1.54, 1.807) is 13.2 Å². The highest BCUT2D eigenvalue weighted by Crippen LogP contribution is 2.06. The Bertz CT molecular complexity index is 284. The summed E-state index contributed by atoms with van der Waals surface area (Å²) in [6.07, 6.45) is 1.59. The van der Waals surface area contributed by atoms with Gasteiger partial charge >= 0.3 is 0 Å². The first kappa shape index (κ1) is 9.34. The van der Waals surface area contributed by atoms with Crippen molar-refractivity contribution in [2.75, 3.05) is 6.26 Å². The van der Waals surface area contributed by atoms with Crippen molar-refractivity contribution in [3.05, 3.63) is 11.7 Å². The number of hydrogen-bond donors (Lipinski definition) is 1. The van der Waals surface area contributed by atoms with E-state index in [9.17, 15) is 4.21 Å². The molecule has 0 aliphatic carbocycles. The van der Waals surface area contributed by atoms with Crippen molar-refractivity contribution in [3.8, 4) is 0 Å². The van der Waals surface area contributed by atoms with Crippen LogP contribution < -0.4 is 5.73 Å². The molecule has 2 unspecified atom stereocenters. The molecule has 1 heterocycles. The molecule has 0 saturated heterocycles. The zero-order valence-corrected chi connectivity index (χ0v) is 7.80. The van der Waals surface area contributed by atoms with Gasteiger partial charge in [-0.25, -0.2) is 0 Å². The Hall–Kier alpha value is -0.750. The minimum atomic E-state index is -0.942. The lowest BCUT2D eigenvalue weighted by Crippen LogP contribution is -2.05. The van der Waals surface area contributed by atoms with Crippen LogP contribution in [-0.4, -0.2) is 20.6 Å². The standard InChI is InChI=1S/C6H11N3O2S/c1-4(7)6-8-5(9-11-6)3-12(2)10/h4H,3,7H2,1-2H3. The van der Waals surface area contributed by atoms with Crippen molar-refractivity contribution in [2.45, 2.75) is 18.7 Å². The average molecular weight is 189 g/mol. The maximum absolute atomic E-state index is 10.8. The first-order valence-electron chi connectivity index (χ1n) is 3.47. The summed E-state index contributed by atoms with van der Waals surface area (Å²) in [4.78, 5) is 3.95. The molecule has 1 aromatic heterocycles. The molecule has 0 radical (unpaired) electrons. The second-order valence-corrected chi connectivity index (χ2v) is 3.99. The Morgan fingerprint density at radius 3 is 2.83 bits per heavy atom. The molecule has 0 aliphatic rings. The lowest BCUT2D eigenvalue weighted by molar-refractivity contribution is 0.358. The molecule has 0 saturated carbocycles. The normalized spacial score (nSPS) is 15.9. The number of rotatable bonds is 3. The van der Waals surface area contributed by atoms with Crippen LogP contribution in [0.15, 0.2) is 4.52 Å². The molecule has 0 bridgehead atoms. The summed E-state index contributed by atoms with van der Waals surface area (Å²) in [7, 11) is -0.942. The largest absolute Gasteiger partial charge is 0.338 e. The van der Waals surface area contributed by atoms with Crippen LogP contribution in [0.5, 0.6) is 0 Å². The second kappa shape index (κ2) is 3.77. The molecule has 0 fully saturated rings. The third-order valence-electron chi connectivity index (χ3n) is 1.21. The van der Waals surface area contributed by atoms with E-state index in [2.05, 4.69) is 10.1 Å². The summed E-state index contributed by atoms with van der Waals surface area (Å²) >= 11 is 0. The van der Waals surface area contributed by atoms with Gasteiger partial charge in [0.05, 0.1) is 11.8 Å². The van der Waals surface area contributed by atoms with Crippen molar-refractivity contribution in [2.24, 2.45) is 5.73 Å². The molecule has 1 aromatic rings. The first-order chi connectivity index (χ1) is 5.59. The predicted molar refractivity (Wildman–Crippen MR) is 44.7 cm³/mol. The summed E-state index contributed by atoms with van der Waals surface area (Å²) in [5, 5.41) is 3.62. The predicted octanol–water partition coefficient (Wildman–Crippen LogP) is -0.0322. The molecule has 6 heteroatoms. The van der Waals surface area contributed by atoms with Crippen molar-refractivity contribution in [1.29, 1.82) is 0 Å². The Morgan fingerprint density at radius 1 is 1.75 bits per heavy atom. The Morgan fingerprint density at radius 2 is 2.42 bits per heavy atom. The van der Waals surface area contributed by atoms with Crippen LogP contribution >= 0.6 is 0 Å². The highest BCUT2D eigenvalue weighted by Gasteiger charge is 2.10. The summed E-state index contributed by atoms with van der Waals surface area (Å²) in [5.41, 5.74) is 5.49. The molecule has 68 valence electrons. The summed E-state index contributed by atoms with van der Waals surface area (Å²) < 4.78 is 15.6. The van der Waals surface area contributed by atoms with Crippen LogP contribution in [0.4, 0.5) is 0 Å². The highest BCUT2D eigenvalue weighted by atomic mass is 32.2. The molecule has 0 aromatic carbocycles. The molecule has 2 N–H and O–H groups in total. The van der Waals surface area contributed by atoms with Crippen LogP contribution in [-0.2, 0) is 16.6 Å². The molecule has 2 atom stereocenters. The van der Waals surface area contributed by atoms with Gasteiger partial charge in [0.1, 0.15) is 0 Å². The molecular weight excluding hydrogens is 178 g/mol. The fourth-order valence-electron chi connectivity index (χ4n) is 0.693. The van der Waals surface area contributed by atoms with Gasteiger partial charge in [-0.3, -0.25) is 4.21 Å². The van der Waals surface area contributed by atoms with Crippen LogP contribution in [0, 0.1) is 0 Å². The third kappa shape index (κ3) is 2.38. The lowest BCUT2D eigenvalue weighted by atomic mass is 10.4. The van der Waals surface area contributed by atoms with Gasteiger partial charge in [0, 0.05) is 17.1 Å². The smallest absolute Gasteiger partial charge is 0.243 e. The van der Waals surface area contributed by atoms with Crippen LogP contribution in [0.1, 0.15) is 24.7 Å². The van der Waals surface area contributed by atoms with Crippen LogP contribution in [0.2, 0.25) is 0 Å². The number of nitrogens with zero attached hydrogens (tertiary/aromatic N) is 2. The van der Waals surface area contributed by atoms with E-state index < -0.39 is 10.8 Å². The zero-order chi connectivity index (χ0) is 9.14. The molecule has 0 spiro atoms. The van der Waals surface area contributed by atoms with E-state index in [1.807, 2.05) is 0 Å². The van der Waals surface area contributed by atoms with Gasteiger partial charge in [-0.1, -0.05) is 5.16 Å². The third-order valence-corrected chi connectivity index (χ3v) is 1.87. The Kier molecular flexibility index (Phi) is 2.93. The number of nitrogens with two attached hydrogens (primary N) is 1. The van der Waals surface area contributed by atoms with Crippen molar-refractivity contribution >= 4 is 10.8 Å². The van der Waals surface area contributed by atoms with Crippen molar-refractivity contribution in [3.63, 3.8) is 0 Å². The van der Waals surface area contributed by atoms with E-state index in [-0.39, 0.29) is 6.04 Å². The van der Waals surface area contributed by atoms with Gasteiger partial charge in [0.2, 0.25) is 5.89 Å². The van der Waals surface area contributed by atoms with Crippen LogP contribution in [0.3, 0.4) is 0 Å². The minimum absolute atomic E-state index is 0.267. The zero-order valence-electron chi connectivity index (χ0n) is 6.98. The molecule has 0 aliphatic heterocycles. The van der Waals surface area contributed by atoms with Gasteiger partial charge in [-0.2, -0.15) is 4.98 Å². The lowest BCUT2D eigenvalue weighted by Gasteiger charge is -1.92. The molecule has 1 rings (SSSR count). The maximum atomic E-state index is 10.8. The summed E-state index contributed by atoms with van der Waals surface area (Å²) in [6.45, 7) is 1.75. The van der Waals surface area contributed by atoms with Gasteiger partial charge in [0.15, 0.2) is 5.82 Å². The second-order valence-electron chi connectivity index (χ2n) is 2.56. The van der Waals surface area contributed by atoms with Crippen LogP contribution in [0.25, 0.3) is 0 Å². The quantitative estimate of drug-likeness (QED) is 0.722. The average Bonchev–Trinajstić information content (AvgIpc) is 2.34. The first-order valence-corrected chi connectivity index (χ1v) is 5.20. The summed E-state index contributed by atoms with van der Waals surface area (Å²) in [5.74, 6) is 1.15. The van der Waals surface area contributed by atoms with E-state index in [4.69, 9.17) is 10.3 Å². The minimum Gasteiger partial charge on any atom is -0.338 e. The van der Waals surface area contributed by atoms with Gasteiger partial charge in [0.25, 0.3) is 0 Å². The Labute approximate surface area is 72.8 Å². The van der Waals surface area contributed by atoms with Gasteiger partial charge in [-0.05, 0) is 6.92 Å². The SMILES string of the molecule is CC(N)c1nc(CS(C)=O)no1. The van der Waals surface area contributed by atoms with Crippen molar-refractivity contribution < 1.29 is 8.73 Å². The van der Waals surface area contributed by atoms with E-state index >= 15 is 0 Å². The number of aromatic nitrogens is 2. The van der Waals surface area contributed by atoms with E-state index in [0.717, 1.165) is 0 Å².